The average Bonchev–Trinajstić information content (AvgIpc) is 3.23. The number of rotatable bonds is 8. The summed E-state index contributed by atoms with van der Waals surface area (Å²) in [7, 11) is 0. The maximum absolute atomic E-state index is 13.0. The quantitative estimate of drug-likeness (QED) is 0.270. The number of ether oxygens (including phenoxy) is 2. The average molecular weight is 444 g/mol. The van der Waals surface area contributed by atoms with E-state index in [2.05, 4.69) is 11.9 Å². The van der Waals surface area contributed by atoms with Gasteiger partial charge in [0.2, 0.25) is 0 Å². The summed E-state index contributed by atoms with van der Waals surface area (Å²) in [5.41, 5.74) is -0.139. The zero-order chi connectivity index (χ0) is 23.5. The van der Waals surface area contributed by atoms with Crippen molar-refractivity contribution in [3.05, 3.63) is 63.9 Å². The zero-order valence-corrected chi connectivity index (χ0v) is 18.2. The summed E-state index contributed by atoms with van der Waals surface area (Å²) in [4.78, 5) is 36.4. The predicted octanol–water partition coefficient (Wildman–Crippen LogP) is 3.31. The van der Waals surface area contributed by atoms with Crippen LogP contribution in [0, 0.1) is 16.0 Å². The lowest BCUT2D eigenvalue weighted by atomic mass is 9.65. The minimum absolute atomic E-state index is 0.0395. The Hall–Kier alpha value is -3.20. The number of allylic oxidation sites excluding steroid dienone is 1. The molecule has 32 heavy (non-hydrogen) atoms. The molecule has 1 aromatic carbocycles. The number of benzene rings is 1. The van der Waals surface area contributed by atoms with Gasteiger partial charge in [-0.2, -0.15) is 0 Å². The van der Waals surface area contributed by atoms with Crippen LogP contribution in [0.25, 0.3) is 0 Å². The van der Waals surface area contributed by atoms with Crippen molar-refractivity contribution in [2.45, 2.75) is 50.7 Å². The number of nitrogens with one attached hydrogen (secondary N) is 1. The fourth-order valence-electron chi connectivity index (χ4n) is 4.90. The van der Waals surface area contributed by atoms with Crippen LogP contribution in [0.2, 0.25) is 0 Å². The molecule has 2 aliphatic rings. The number of carbonyl (C=O) groups excluding carboxylic acids is 1. The fraction of sp³-hybridized carbons (Fsp3) is 0.478. The number of nitrogens with zero attached hydrogens (tertiary/aromatic N) is 1. The van der Waals surface area contributed by atoms with Gasteiger partial charge in [0.15, 0.2) is 0 Å². The van der Waals surface area contributed by atoms with Crippen LogP contribution in [0.4, 0.5) is 5.69 Å². The molecule has 1 fully saturated rings. The molecule has 9 heteroatoms. The number of esters is 1. The van der Waals surface area contributed by atoms with Crippen molar-refractivity contribution in [3.8, 4) is 0 Å². The Balaban J connectivity index is 2.16. The molecule has 0 bridgehead atoms. The molecule has 3 rings (SSSR count). The topological polar surface area (TPSA) is 128 Å². The molecule has 2 aliphatic heterocycles. The Bertz CT molecular complexity index is 951. The SMILES string of the molecule is C=CCOC(=O)C1=C(C)NC(C)(CC2CCCO2)C(C(=O)O)C1c1cccc([N+](=O)[O-])c1. The van der Waals surface area contributed by atoms with Gasteiger partial charge in [0.25, 0.3) is 5.69 Å². The lowest BCUT2D eigenvalue weighted by molar-refractivity contribution is -0.384. The van der Waals surface area contributed by atoms with Crippen molar-refractivity contribution in [2.24, 2.45) is 5.92 Å². The Morgan fingerprint density at radius 1 is 1.47 bits per heavy atom. The molecule has 2 heterocycles. The van der Waals surface area contributed by atoms with Gasteiger partial charge < -0.3 is 19.9 Å². The number of nitro groups is 1. The minimum Gasteiger partial charge on any atom is -0.481 e. The van der Waals surface area contributed by atoms with Gasteiger partial charge >= 0.3 is 11.9 Å². The smallest absolute Gasteiger partial charge is 0.336 e. The van der Waals surface area contributed by atoms with Gasteiger partial charge in [0.1, 0.15) is 6.61 Å². The summed E-state index contributed by atoms with van der Waals surface area (Å²) in [6.07, 6.45) is 3.45. The summed E-state index contributed by atoms with van der Waals surface area (Å²) >= 11 is 0. The van der Waals surface area contributed by atoms with E-state index in [-0.39, 0.29) is 24.0 Å². The van der Waals surface area contributed by atoms with Gasteiger partial charge in [-0.15, -0.1) is 0 Å². The number of carbonyl (C=O) groups is 2. The van der Waals surface area contributed by atoms with Crippen LogP contribution < -0.4 is 5.32 Å². The van der Waals surface area contributed by atoms with E-state index < -0.39 is 34.2 Å². The molecular formula is C23H28N2O7. The minimum atomic E-state index is -1.11. The molecule has 1 aromatic rings. The monoisotopic (exact) mass is 444 g/mol. The maximum atomic E-state index is 13.0. The van der Waals surface area contributed by atoms with E-state index in [1.54, 1.807) is 19.9 Å². The van der Waals surface area contributed by atoms with Crippen molar-refractivity contribution in [2.75, 3.05) is 13.2 Å². The Morgan fingerprint density at radius 2 is 2.22 bits per heavy atom. The van der Waals surface area contributed by atoms with Crippen molar-refractivity contribution in [1.29, 1.82) is 0 Å². The number of hydrogen-bond donors (Lipinski definition) is 2. The highest BCUT2D eigenvalue weighted by atomic mass is 16.6. The van der Waals surface area contributed by atoms with Gasteiger partial charge in [-0.1, -0.05) is 24.8 Å². The van der Waals surface area contributed by atoms with Crippen LogP contribution in [-0.4, -0.2) is 46.8 Å². The zero-order valence-electron chi connectivity index (χ0n) is 18.2. The Kier molecular flexibility index (Phi) is 6.98. The van der Waals surface area contributed by atoms with Crippen LogP contribution in [0.1, 0.15) is 44.6 Å². The first-order valence-electron chi connectivity index (χ1n) is 10.5. The van der Waals surface area contributed by atoms with E-state index >= 15 is 0 Å². The first kappa shape index (κ1) is 23.5. The molecule has 0 amide bonds. The highest BCUT2D eigenvalue weighted by Gasteiger charge is 2.52. The third kappa shape index (κ3) is 4.67. The van der Waals surface area contributed by atoms with Gasteiger partial charge in [0, 0.05) is 30.4 Å². The second kappa shape index (κ2) is 9.52. The third-order valence-corrected chi connectivity index (χ3v) is 6.14. The molecule has 9 nitrogen and oxygen atoms in total. The number of aliphatic carboxylic acids is 1. The molecule has 4 unspecified atom stereocenters. The normalized spacial score (nSPS) is 27.5. The lowest BCUT2D eigenvalue weighted by Crippen LogP contribution is -2.58. The lowest BCUT2D eigenvalue weighted by Gasteiger charge is -2.47. The number of carboxylic acid groups (broad SMARTS) is 1. The van der Waals surface area contributed by atoms with E-state index in [4.69, 9.17) is 9.47 Å². The van der Waals surface area contributed by atoms with Crippen molar-refractivity contribution >= 4 is 17.6 Å². The Labute approximate surface area is 186 Å². The first-order chi connectivity index (χ1) is 15.2. The first-order valence-corrected chi connectivity index (χ1v) is 10.5. The molecule has 172 valence electrons. The highest BCUT2D eigenvalue weighted by molar-refractivity contribution is 5.93. The molecule has 0 aliphatic carbocycles. The van der Waals surface area contributed by atoms with Gasteiger partial charge in [-0.05, 0) is 38.7 Å². The number of nitro benzene ring substituents is 1. The van der Waals surface area contributed by atoms with Crippen molar-refractivity contribution in [1.82, 2.24) is 5.32 Å². The van der Waals surface area contributed by atoms with Crippen LogP contribution in [0.5, 0.6) is 0 Å². The maximum Gasteiger partial charge on any atom is 0.336 e. The fourth-order valence-corrected chi connectivity index (χ4v) is 4.90. The Morgan fingerprint density at radius 3 is 2.81 bits per heavy atom. The van der Waals surface area contributed by atoms with Gasteiger partial charge in [-0.3, -0.25) is 14.9 Å². The number of non-ortho nitro benzene ring substituents is 1. The number of hydrogen-bond acceptors (Lipinski definition) is 7. The molecule has 0 saturated carbocycles. The summed E-state index contributed by atoms with van der Waals surface area (Å²) in [5.74, 6) is -3.84. The third-order valence-electron chi connectivity index (χ3n) is 6.14. The summed E-state index contributed by atoms with van der Waals surface area (Å²) in [6, 6.07) is 5.76. The molecule has 2 N–H and O–H groups in total. The van der Waals surface area contributed by atoms with Crippen molar-refractivity contribution < 1.29 is 29.1 Å². The molecule has 0 spiro atoms. The van der Waals surface area contributed by atoms with Gasteiger partial charge in [-0.25, -0.2) is 4.79 Å². The van der Waals surface area contributed by atoms with Crippen LogP contribution >= 0.6 is 0 Å². The second-order valence-corrected chi connectivity index (χ2v) is 8.45. The second-order valence-electron chi connectivity index (χ2n) is 8.45. The van der Waals surface area contributed by atoms with Gasteiger partial charge in [0.05, 0.1) is 28.1 Å². The van der Waals surface area contributed by atoms with E-state index in [9.17, 15) is 24.8 Å². The van der Waals surface area contributed by atoms with Crippen LogP contribution in [-0.2, 0) is 19.1 Å². The standard InChI is InChI=1S/C23H28N2O7/c1-4-10-32-22(28)18-14(2)24-23(3,13-17-9-6-11-31-17)20(21(26)27)19(18)15-7-5-8-16(12-15)25(29)30/h4-5,7-8,12,17,19-20,24H,1,6,9-11,13H2,2-3H3,(H,26,27). The van der Waals surface area contributed by atoms with E-state index in [0.717, 1.165) is 12.8 Å². The molecular weight excluding hydrogens is 416 g/mol. The summed E-state index contributed by atoms with van der Waals surface area (Å²) in [6.45, 7) is 7.62. The van der Waals surface area contributed by atoms with E-state index in [0.29, 0.717) is 24.3 Å². The molecule has 1 saturated heterocycles. The van der Waals surface area contributed by atoms with E-state index in [1.165, 1.54) is 24.3 Å². The highest BCUT2D eigenvalue weighted by Crippen LogP contribution is 2.46. The molecule has 0 aromatic heterocycles. The summed E-state index contributed by atoms with van der Waals surface area (Å²) < 4.78 is 11.0. The van der Waals surface area contributed by atoms with Crippen LogP contribution in [0.15, 0.2) is 48.2 Å². The predicted molar refractivity (Wildman–Crippen MR) is 116 cm³/mol. The number of carboxylic acids is 1. The van der Waals surface area contributed by atoms with Crippen LogP contribution in [0.3, 0.4) is 0 Å². The summed E-state index contributed by atoms with van der Waals surface area (Å²) in [5, 5.41) is 24.9. The van der Waals surface area contributed by atoms with Crippen molar-refractivity contribution in [3.63, 3.8) is 0 Å². The largest absolute Gasteiger partial charge is 0.481 e. The van der Waals surface area contributed by atoms with E-state index in [1.807, 2.05) is 0 Å². The molecule has 4 atom stereocenters. The molecule has 0 radical (unpaired) electrons.